The first-order chi connectivity index (χ1) is 5.12. The van der Waals surface area contributed by atoms with Gasteiger partial charge in [0.05, 0.1) is 0 Å². The van der Waals surface area contributed by atoms with Crippen molar-refractivity contribution in [2.24, 2.45) is 0 Å². The third kappa shape index (κ3) is 9.05. The van der Waals surface area contributed by atoms with Crippen molar-refractivity contribution in [1.29, 1.82) is 0 Å². The predicted molar refractivity (Wildman–Crippen MR) is 28.1 cm³/mol. The Morgan fingerprint density at radius 1 is 0.800 bits per heavy atom. The normalized spacial score (nSPS) is 44.2. The number of rotatable bonds is 0. The third-order valence-corrected chi connectivity index (χ3v) is 5.94. The van der Waals surface area contributed by atoms with Gasteiger partial charge in [-0.2, -0.15) is 4.86 Å². The molecular formula is HNNa3O8P3. The molecule has 0 aromatic carbocycles. The molecule has 0 aromatic heterocycles. The Hall–Kier alpha value is 3.45. The summed E-state index contributed by atoms with van der Waals surface area (Å²) in [7, 11) is -15.5. The molecule has 1 heterocycles. The molecule has 72 valence electrons. The molecule has 15 heteroatoms. The Kier molecular flexibility index (Phi) is 12.4. The molecule has 1 N–H and O–H groups in total. The minimum Gasteiger partial charge on any atom is -0.766 e. The maximum atomic E-state index is 10.4. The quantitative estimate of drug-likeness (QED) is 0.339. The first kappa shape index (κ1) is 23.5. The van der Waals surface area contributed by atoms with Crippen molar-refractivity contribution in [2.75, 3.05) is 0 Å². The minimum atomic E-state index is -5.29. The van der Waals surface area contributed by atoms with Gasteiger partial charge in [-0.3, -0.25) is 22.3 Å². The van der Waals surface area contributed by atoms with Crippen LogP contribution in [0.1, 0.15) is 0 Å². The van der Waals surface area contributed by atoms with Gasteiger partial charge in [0.25, 0.3) is 7.82 Å². The fraction of sp³-hybridized carbons (Fsp3) is 0. The van der Waals surface area contributed by atoms with Gasteiger partial charge in [-0.25, -0.2) is 0 Å². The van der Waals surface area contributed by atoms with Crippen LogP contribution in [0.4, 0.5) is 0 Å². The van der Waals surface area contributed by atoms with E-state index in [1.807, 2.05) is 0 Å². The van der Waals surface area contributed by atoms with Crippen LogP contribution in [-0.2, 0) is 22.3 Å². The molecule has 1 rings (SSSR count). The van der Waals surface area contributed by atoms with Crippen LogP contribution in [0, 0.1) is 0 Å². The molecule has 1 fully saturated rings. The fourth-order valence-electron chi connectivity index (χ4n) is 0.465. The first-order valence-corrected chi connectivity index (χ1v) is 6.82. The van der Waals surface area contributed by atoms with E-state index in [-0.39, 0.29) is 88.7 Å². The van der Waals surface area contributed by atoms with E-state index >= 15 is 0 Å². The average Bonchev–Trinajstić information content (AvgIpc) is 1.44. The summed E-state index contributed by atoms with van der Waals surface area (Å²) in [5.74, 6) is 0. The summed E-state index contributed by atoms with van der Waals surface area (Å²) in [6, 6.07) is 0. The van der Waals surface area contributed by atoms with Crippen LogP contribution in [0.5, 0.6) is 0 Å². The van der Waals surface area contributed by atoms with E-state index in [1.54, 1.807) is 0 Å². The molecule has 0 amide bonds. The van der Waals surface area contributed by atoms with Crippen LogP contribution in [0.15, 0.2) is 0 Å². The van der Waals surface area contributed by atoms with Gasteiger partial charge >= 0.3 is 88.7 Å². The van der Waals surface area contributed by atoms with Gasteiger partial charge < -0.3 is 14.7 Å². The molecule has 0 bridgehead atoms. The molecule has 15 heavy (non-hydrogen) atoms. The van der Waals surface area contributed by atoms with Gasteiger partial charge in [0, 0.05) is 0 Å². The molecule has 1 aliphatic rings. The summed E-state index contributed by atoms with van der Waals surface area (Å²) in [5, 5.41) is 0. The molecule has 2 atom stereocenters. The second kappa shape index (κ2) is 7.90. The average molecular weight is 305 g/mol. The van der Waals surface area contributed by atoms with E-state index in [1.165, 1.54) is 0 Å². The standard InChI is InChI=1S/H4NO8P3.3Na/c2-10(3)1-11(4,5)9-12(6,7)8-10;;;/h(H,6,7)(H3,1,2,3,4,5);;;/q;3*+1/p-3. The van der Waals surface area contributed by atoms with Gasteiger partial charge in [0.15, 0.2) is 0 Å². The zero-order valence-electron chi connectivity index (χ0n) is 8.11. The van der Waals surface area contributed by atoms with E-state index in [2.05, 4.69) is 8.62 Å². The molecule has 0 radical (unpaired) electrons. The molecule has 0 spiro atoms. The van der Waals surface area contributed by atoms with E-state index in [9.17, 15) is 28.4 Å². The summed E-state index contributed by atoms with van der Waals surface area (Å²) in [4.78, 5) is 31.9. The Bertz CT molecular complexity index is 270. The third-order valence-electron chi connectivity index (χ3n) is 0.660. The Morgan fingerprint density at radius 3 is 1.27 bits per heavy atom. The topological polar surface area (TPSA) is 151 Å². The van der Waals surface area contributed by atoms with Gasteiger partial charge in [-0.15, -0.1) is 0 Å². The van der Waals surface area contributed by atoms with Crippen LogP contribution < -0.4 is 108 Å². The zero-order chi connectivity index (χ0) is 9.62. The SMILES string of the molecule is O=P1([O-])NP(=O)([O-])OP(=O)([O-])O1.[Na+].[Na+].[Na+]. The second-order valence-electron chi connectivity index (χ2n) is 1.71. The van der Waals surface area contributed by atoms with Crippen LogP contribution >= 0.6 is 23.3 Å². The van der Waals surface area contributed by atoms with Crippen LogP contribution in [0.2, 0.25) is 0 Å². The molecule has 1 aliphatic heterocycles. The Morgan fingerprint density at radius 2 is 1.07 bits per heavy atom. The van der Waals surface area contributed by atoms with Gasteiger partial charge in [-0.1, -0.05) is 0 Å². The Balaban J connectivity index is -0.000000480. The van der Waals surface area contributed by atoms with E-state index in [0.29, 0.717) is 0 Å². The number of hydrogen-bond donors (Lipinski definition) is 1. The summed E-state index contributed by atoms with van der Waals surface area (Å²) < 4.78 is 37.6. The molecule has 2 unspecified atom stereocenters. The van der Waals surface area contributed by atoms with Crippen molar-refractivity contribution in [3.8, 4) is 0 Å². The van der Waals surface area contributed by atoms with Gasteiger partial charge in [0.2, 0.25) is 15.5 Å². The second-order valence-corrected chi connectivity index (χ2v) is 6.70. The monoisotopic (exact) mass is 305 g/mol. The number of hydrogen-bond acceptors (Lipinski definition) is 8. The van der Waals surface area contributed by atoms with Crippen molar-refractivity contribution in [1.82, 2.24) is 4.86 Å². The summed E-state index contributed by atoms with van der Waals surface area (Å²) >= 11 is 0. The maximum Gasteiger partial charge on any atom is 1.00 e. The van der Waals surface area contributed by atoms with Crippen LogP contribution in [-0.4, -0.2) is 0 Å². The molecule has 0 aromatic rings. The maximum absolute atomic E-state index is 10.4. The summed E-state index contributed by atoms with van der Waals surface area (Å²) in [5.41, 5.74) is 0. The van der Waals surface area contributed by atoms with Crippen LogP contribution in [0.25, 0.3) is 0 Å². The molecule has 0 saturated carbocycles. The van der Waals surface area contributed by atoms with Crippen molar-refractivity contribution in [3.63, 3.8) is 0 Å². The first-order valence-electron chi connectivity index (χ1n) is 2.27. The van der Waals surface area contributed by atoms with Gasteiger partial charge in [0.1, 0.15) is 0 Å². The Labute approximate surface area is 151 Å². The number of phosphoric acid groups is 1. The van der Waals surface area contributed by atoms with E-state index in [4.69, 9.17) is 0 Å². The smallest absolute Gasteiger partial charge is 0.766 e. The van der Waals surface area contributed by atoms with Crippen molar-refractivity contribution in [2.45, 2.75) is 0 Å². The summed E-state index contributed by atoms with van der Waals surface area (Å²) in [6.07, 6.45) is 0. The fourth-order valence-corrected chi connectivity index (χ4v) is 5.11. The van der Waals surface area contributed by atoms with Crippen molar-refractivity contribution in [3.05, 3.63) is 0 Å². The van der Waals surface area contributed by atoms with E-state index in [0.717, 1.165) is 4.86 Å². The zero-order valence-corrected chi connectivity index (χ0v) is 16.8. The molecule has 0 aliphatic carbocycles. The van der Waals surface area contributed by atoms with E-state index < -0.39 is 23.3 Å². The predicted octanol–water partition coefficient (Wildman–Crippen LogP) is -11.0. The van der Waals surface area contributed by atoms with Gasteiger partial charge in [-0.05, 0) is 0 Å². The van der Waals surface area contributed by atoms with Crippen molar-refractivity contribution < 1.29 is 126 Å². The molecule has 9 nitrogen and oxygen atoms in total. The summed E-state index contributed by atoms with van der Waals surface area (Å²) in [6.45, 7) is 0. The minimum absolute atomic E-state index is 0. The molecule has 1 saturated heterocycles. The van der Waals surface area contributed by atoms with Crippen LogP contribution in [0.3, 0.4) is 0 Å². The molecular weight excluding hydrogens is 304 g/mol. The van der Waals surface area contributed by atoms with Crippen molar-refractivity contribution >= 4 is 23.3 Å². The largest absolute Gasteiger partial charge is 1.00 e. The number of nitrogens with one attached hydrogen (secondary N) is 1.